The van der Waals surface area contributed by atoms with Gasteiger partial charge in [-0.05, 0) is 13.0 Å². The summed E-state index contributed by atoms with van der Waals surface area (Å²) in [5, 5.41) is 0.387. The van der Waals surface area contributed by atoms with Gasteiger partial charge in [-0.15, -0.1) is 9.05 Å². The lowest BCUT2D eigenvalue weighted by Crippen LogP contribution is -2.11. The molecule has 0 bridgehead atoms. The van der Waals surface area contributed by atoms with Gasteiger partial charge in [-0.3, -0.25) is 0 Å². The zero-order chi connectivity index (χ0) is 21.5. The molecule has 1 atom stereocenters. The van der Waals surface area contributed by atoms with Crippen LogP contribution in [0.1, 0.15) is 12.5 Å². The van der Waals surface area contributed by atoms with Gasteiger partial charge in [0.1, 0.15) is 13.2 Å². The topological polar surface area (TPSA) is 90.9 Å². The number of halogens is 2. The zero-order valence-corrected chi connectivity index (χ0v) is 19.0. The molecule has 166 valence electrons. The first-order valence-corrected chi connectivity index (χ1v) is 10.5. The molecular weight excluding hydrogens is 450 g/mol. The molecule has 0 radical (unpaired) electrons. The maximum absolute atomic E-state index is 11.6. The van der Waals surface area contributed by atoms with Crippen molar-refractivity contribution in [3.8, 4) is 11.5 Å². The van der Waals surface area contributed by atoms with E-state index in [0.29, 0.717) is 32.0 Å². The molecule has 0 aliphatic carbocycles. The predicted molar refractivity (Wildman–Crippen MR) is 107 cm³/mol. The van der Waals surface area contributed by atoms with Crippen LogP contribution in [0.4, 0.5) is 0 Å². The summed E-state index contributed by atoms with van der Waals surface area (Å²) in [5.41, 5.74) is 0.444. The molecule has 1 unspecified atom stereocenters. The van der Waals surface area contributed by atoms with Crippen molar-refractivity contribution in [3.05, 3.63) is 21.7 Å². The normalized spacial score (nSPS) is 11.6. The fraction of sp³-hybridized carbons (Fsp3) is 0.647. The Morgan fingerprint density at radius 3 is 2.03 bits per heavy atom. The van der Waals surface area contributed by atoms with Crippen molar-refractivity contribution in [1.29, 1.82) is 0 Å². The average Bonchev–Trinajstić information content (AvgIpc) is 2.70. The quantitative estimate of drug-likeness (QED) is 0.186. The predicted octanol–water partition coefficient (Wildman–Crippen LogP) is 4.20. The van der Waals surface area contributed by atoms with Crippen LogP contribution in [-0.2, 0) is 39.2 Å². The number of methoxy groups -OCH3 is 2. The molecule has 0 saturated heterocycles. The van der Waals surface area contributed by atoms with Crippen molar-refractivity contribution in [1.82, 2.24) is 0 Å². The smallest absolute Gasteiger partial charge is 0.462 e. The van der Waals surface area contributed by atoms with Gasteiger partial charge in [-0.1, -0.05) is 23.2 Å². The Morgan fingerprint density at radius 1 is 0.897 bits per heavy atom. The van der Waals surface area contributed by atoms with Gasteiger partial charge in [0.2, 0.25) is 0 Å². The largest absolute Gasteiger partial charge is 0.697 e. The van der Waals surface area contributed by atoms with Gasteiger partial charge < -0.3 is 28.4 Å². The molecule has 0 spiro atoms. The molecule has 29 heavy (non-hydrogen) atoms. The van der Waals surface area contributed by atoms with Crippen LogP contribution < -0.4 is 9.47 Å². The van der Waals surface area contributed by atoms with Gasteiger partial charge in [-0.2, -0.15) is 0 Å². The van der Waals surface area contributed by atoms with Gasteiger partial charge >= 0.3 is 8.25 Å². The molecule has 0 heterocycles. The summed E-state index contributed by atoms with van der Waals surface area (Å²) in [5.74, 6) is 0.333. The number of hydrogen-bond donors (Lipinski definition) is 0. The first-order chi connectivity index (χ1) is 14.0. The first kappa shape index (κ1) is 26.3. The molecular formula is C17H26Cl2O9P+. The van der Waals surface area contributed by atoms with E-state index in [4.69, 9.17) is 60.7 Å². The van der Waals surface area contributed by atoms with E-state index in [0.717, 1.165) is 0 Å². The fourth-order valence-corrected chi connectivity index (χ4v) is 2.92. The molecule has 0 aliphatic heterocycles. The molecule has 0 aromatic heterocycles. The number of ether oxygens (including phenoxy) is 6. The van der Waals surface area contributed by atoms with E-state index >= 15 is 0 Å². The molecule has 0 aliphatic rings. The summed E-state index contributed by atoms with van der Waals surface area (Å²) >= 11 is 12.7. The molecule has 9 nitrogen and oxygen atoms in total. The van der Waals surface area contributed by atoms with Crippen molar-refractivity contribution >= 4 is 31.5 Å². The zero-order valence-electron chi connectivity index (χ0n) is 16.6. The first-order valence-electron chi connectivity index (χ1n) is 8.68. The van der Waals surface area contributed by atoms with Crippen LogP contribution in [0.3, 0.4) is 0 Å². The second-order valence-electron chi connectivity index (χ2n) is 5.23. The Morgan fingerprint density at radius 2 is 1.48 bits per heavy atom. The van der Waals surface area contributed by atoms with Crippen molar-refractivity contribution in [2.45, 2.75) is 13.5 Å². The SMILES string of the molecule is CCO[P+](=O)OCc1cc(Cl)c(OCOCCOC)c(OCOCCOC)c1Cl. The third kappa shape index (κ3) is 10.2. The summed E-state index contributed by atoms with van der Waals surface area (Å²) < 4.78 is 53.2. The second-order valence-corrected chi connectivity index (χ2v) is 6.98. The maximum atomic E-state index is 11.6. The monoisotopic (exact) mass is 475 g/mol. The van der Waals surface area contributed by atoms with E-state index < -0.39 is 8.25 Å². The van der Waals surface area contributed by atoms with E-state index in [1.165, 1.54) is 6.07 Å². The van der Waals surface area contributed by atoms with Gasteiger partial charge in [0.05, 0.1) is 36.5 Å². The minimum atomic E-state index is -2.27. The molecule has 1 aromatic rings. The minimum absolute atomic E-state index is 0.0909. The third-order valence-electron chi connectivity index (χ3n) is 3.20. The van der Waals surface area contributed by atoms with E-state index in [2.05, 4.69) is 0 Å². The summed E-state index contributed by atoms with van der Waals surface area (Å²) in [6.45, 7) is 3.16. The van der Waals surface area contributed by atoms with E-state index in [9.17, 15) is 4.57 Å². The van der Waals surface area contributed by atoms with Crippen molar-refractivity contribution in [2.75, 3.05) is 60.8 Å². The lowest BCUT2D eigenvalue weighted by Gasteiger charge is -2.17. The van der Waals surface area contributed by atoms with Crippen LogP contribution in [0.25, 0.3) is 0 Å². The van der Waals surface area contributed by atoms with Crippen LogP contribution >= 0.6 is 31.5 Å². The van der Waals surface area contributed by atoms with E-state index in [-0.39, 0.29) is 48.3 Å². The van der Waals surface area contributed by atoms with E-state index in [1.807, 2.05) is 0 Å². The highest BCUT2D eigenvalue weighted by atomic mass is 35.5. The summed E-state index contributed by atoms with van der Waals surface area (Å²) in [4.78, 5) is 0. The van der Waals surface area contributed by atoms with Crippen molar-refractivity contribution in [2.24, 2.45) is 0 Å². The minimum Gasteiger partial charge on any atom is -0.462 e. The van der Waals surface area contributed by atoms with Crippen LogP contribution in [0, 0.1) is 0 Å². The van der Waals surface area contributed by atoms with E-state index in [1.54, 1.807) is 21.1 Å². The molecule has 0 fully saturated rings. The standard InChI is InChI=1S/C17H26Cl2O9P/c1-4-27-29(20)28-10-13-9-14(18)16(25-11-23-7-5-21-2)17(15(13)19)26-12-24-8-6-22-3/h9H,4-8,10-12H2,1-3H3/q+1. The van der Waals surface area contributed by atoms with Crippen LogP contribution in [0.2, 0.25) is 10.0 Å². The fourth-order valence-electron chi connectivity index (χ4n) is 1.87. The van der Waals surface area contributed by atoms with Crippen LogP contribution in [0.5, 0.6) is 11.5 Å². The Balaban J connectivity index is 2.89. The summed E-state index contributed by atoms with van der Waals surface area (Å²) in [7, 11) is 0.857. The Hall–Kier alpha value is -0.740. The van der Waals surface area contributed by atoms with Gasteiger partial charge in [0.25, 0.3) is 0 Å². The van der Waals surface area contributed by atoms with Crippen LogP contribution in [0.15, 0.2) is 6.07 Å². The molecule has 1 aromatic carbocycles. The van der Waals surface area contributed by atoms with Crippen molar-refractivity contribution < 1.29 is 42.0 Å². The van der Waals surface area contributed by atoms with Gasteiger partial charge in [-0.25, -0.2) is 0 Å². The highest BCUT2D eigenvalue weighted by Crippen LogP contribution is 2.44. The Kier molecular flexibility index (Phi) is 14.5. The summed E-state index contributed by atoms with van der Waals surface area (Å²) in [6, 6.07) is 1.53. The summed E-state index contributed by atoms with van der Waals surface area (Å²) in [6.07, 6.45) is 0. The van der Waals surface area contributed by atoms with Crippen molar-refractivity contribution in [3.63, 3.8) is 0 Å². The van der Waals surface area contributed by atoms with Gasteiger partial charge in [0.15, 0.2) is 25.1 Å². The molecule has 12 heteroatoms. The lowest BCUT2D eigenvalue weighted by molar-refractivity contribution is -0.0207. The Labute approximate surface area is 181 Å². The lowest BCUT2D eigenvalue weighted by atomic mass is 10.2. The Bertz CT molecular complexity index is 619. The second kappa shape index (κ2) is 16.0. The van der Waals surface area contributed by atoms with Crippen LogP contribution in [-0.4, -0.2) is 60.8 Å². The highest BCUT2D eigenvalue weighted by molar-refractivity contribution is 7.33. The molecule has 1 rings (SSSR count). The molecule has 0 amide bonds. The number of benzene rings is 1. The molecule has 0 N–H and O–H groups in total. The third-order valence-corrected chi connectivity index (χ3v) is 4.71. The highest BCUT2D eigenvalue weighted by Gasteiger charge is 2.24. The number of rotatable bonds is 17. The average molecular weight is 476 g/mol. The maximum Gasteiger partial charge on any atom is 0.697 e. The molecule has 0 saturated carbocycles. The van der Waals surface area contributed by atoms with Gasteiger partial charge in [0, 0.05) is 24.3 Å². The number of hydrogen-bond acceptors (Lipinski definition) is 9.